The molecular weight excluding hydrogens is 268 g/mol. The molecule has 0 fully saturated rings. The second kappa shape index (κ2) is 7.09. The second-order valence-corrected chi connectivity index (χ2v) is 4.15. The van der Waals surface area contributed by atoms with Crippen LogP contribution in [0, 0.1) is 0 Å². The molecule has 0 saturated heterocycles. The van der Waals surface area contributed by atoms with Crippen molar-refractivity contribution >= 4 is 11.5 Å². The van der Waals surface area contributed by atoms with Crippen molar-refractivity contribution in [2.75, 3.05) is 19.5 Å². The smallest absolute Gasteiger partial charge is 0.188 e. The summed E-state index contributed by atoms with van der Waals surface area (Å²) in [6, 6.07) is 8.86. The summed E-state index contributed by atoms with van der Waals surface area (Å²) < 4.78 is 10.4. The number of ether oxygens (including phenoxy) is 2. The third-order valence-corrected chi connectivity index (χ3v) is 2.81. The van der Waals surface area contributed by atoms with Crippen LogP contribution in [0.3, 0.4) is 0 Å². The summed E-state index contributed by atoms with van der Waals surface area (Å²) in [5.74, 6) is 1.16. The number of aromatic nitrogens is 1. The van der Waals surface area contributed by atoms with E-state index in [0.717, 1.165) is 5.69 Å². The first-order chi connectivity index (χ1) is 10.2. The maximum atomic E-state index is 11.8. The van der Waals surface area contributed by atoms with E-state index in [9.17, 15) is 4.79 Å². The van der Waals surface area contributed by atoms with Crippen LogP contribution in [0.4, 0.5) is 5.69 Å². The molecule has 2 rings (SSSR count). The van der Waals surface area contributed by atoms with E-state index in [1.54, 1.807) is 50.9 Å². The molecule has 2 aromatic rings. The maximum Gasteiger partial charge on any atom is 0.188 e. The van der Waals surface area contributed by atoms with E-state index in [1.165, 1.54) is 12.3 Å². The van der Waals surface area contributed by atoms with E-state index in [0.29, 0.717) is 17.1 Å². The number of rotatable bonds is 6. The summed E-state index contributed by atoms with van der Waals surface area (Å²) >= 11 is 0. The molecule has 0 aliphatic heterocycles. The number of anilines is 1. The van der Waals surface area contributed by atoms with Crippen LogP contribution in [0.1, 0.15) is 10.4 Å². The summed E-state index contributed by atoms with van der Waals surface area (Å²) in [4.78, 5) is 15.8. The van der Waals surface area contributed by atoms with Crippen molar-refractivity contribution in [3.63, 3.8) is 0 Å². The van der Waals surface area contributed by atoms with Gasteiger partial charge in [0.15, 0.2) is 17.3 Å². The lowest BCUT2D eigenvalue weighted by Crippen LogP contribution is -1.97. The van der Waals surface area contributed by atoms with Crippen molar-refractivity contribution in [2.45, 2.75) is 0 Å². The summed E-state index contributed by atoms with van der Waals surface area (Å²) in [7, 11) is 3.15. The molecule has 21 heavy (non-hydrogen) atoms. The highest BCUT2D eigenvalue weighted by atomic mass is 16.5. The minimum Gasteiger partial charge on any atom is -0.493 e. The maximum absolute atomic E-state index is 11.8. The number of ketones is 1. The fourth-order valence-corrected chi connectivity index (χ4v) is 1.74. The van der Waals surface area contributed by atoms with Crippen molar-refractivity contribution < 1.29 is 14.3 Å². The highest BCUT2D eigenvalue weighted by Crippen LogP contribution is 2.29. The Bertz CT molecular complexity index is 639. The zero-order valence-corrected chi connectivity index (χ0v) is 11.9. The number of hydrogen-bond donors (Lipinski definition) is 1. The van der Waals surface area contributed by atoms with E-state index in [4.69, 9.17) is 9.47 Å². The Morgan fingerprint density at radius 2 is 2.00 bits per heavy atom. The van der Waals surface area contributed by atoms with Crippen LogP contribution in [0.2, 0.25) is 0 Å². The third kappa shape index (κ3) is 3.82. The SMILES string of the molecule is COc1ccc(N/C=C/C(=O)c2cccnc2)cc1OC. The van der Waals surface area contributed by atoms with Crippen molar-refractivity contribution in [3.05, 3.63) is 60.6 Å². The standard InChI is InChI=1S/C16H16N2O3/c1-20-15-6-5-13(10-16(15)21-2)18-9-7-14(19)12-4-3-8-17-11-12/h3-11,18H,1-2H3/b9-7+. The first-order valence-electron chi connectivity index (χ1n) is 6.34. The fraction of sp³-hybridized carbons (Fsp3) is 0.125. The van der Waals surface area contributed by atoms with Gasteiger partial charge >= 0.3 is 0 Å². The highest BCUT2D eigenvalue weighted by molar-refractivity contribution is 6.04. The molecular formula is C16H16N2O3. The minimum absolute atomic E-state index is 0.115. The molecule has 0 spiro atoms. The lowest BCUT2D eigenvalue weighted by molar-refractivity contribution is 0.104. The van der Waals surface area contributed by atoms with Gasteiger partial charge in [-0.25, -0.2) is 0 Å². The van der Waals surface area contributed by atoms with Crippen LogP contribution in [0.5, 0.6) is 11.5 Å². The normalized spacial score (nSPS) is 10.4. The average Bonchev–Trinajstić information content (AvgIpc) is 2.55. The number of nitrogens with one attached hydrogen (secondary N) is 1. The van der Waals surface area contributed by atoms with Gasteiger partial charge in [-0.3, -0.25) is 9.78 Å². The van der Waals surface area contributed by atoms with Crippen molar-refractivity contribution in [3.8, 4) is 11.5 Å². The van der Waals surface area contributed by atoms with Crippen molar-refractivity contribution in [1.82, 2.24) is 4.98 Å². The third-order valence-electron chi connectivity index (χ3n) is 2.81. The molecule has 0 aliphatic carbocycles. The summed E-state index contributed by atoms with van der Waals surface area (Å²) in [5.41, 5.74) is 1.34. The second-order valence-electron chi connectivity index (χ2n) is 4.15. The number of carbonyl (C=O) groups excluding carboxylic acids is 1. The quantitative estimate of drug-likeness (QED) is 0.653. The van der Waals surface area contributed by atoms with Crippen LogP contribution >= 0.6 is 0 Å². The lowest BCUT2D eigenvalue weighted by Gasteiger charge is -2.09. The Balaban J connectivity index is 2.03. The van der Waals surface area contributed by atoms with E-state index in [-0.39, 0.29) is 5.78 Å². The summed E-state index contributed by atoms with van der Waals surface area (Å²) in [6.07, 6.45) is 6.19. The number of pyridine rings is 1. The first kappa shape index (κ1) is 14.6. The number of methoxy groups -OCH3 is 2. The van der Waals surface area contributed by atoms with E-state index >= 15 is 0 Å². The predicted octanol–water partition coefficient (Wildman–Crippen LogP) is 2.91. The lowest BCUT2D eigenvalue weighted by atomic mass is 10.2. The van der Waals surface area contributed by atoms with Crippen LogP contribution in [-0.4, -0.2) is 25.0 Å². The molecule has 0 radical (unpaired) electrons. The number of benzene rings is 1. The summed E-state index contributed by atoms with van der Waals surface area (Å²) in [6.45, 7) is 0. The summed E-state index contributed by atoms with van der Waals surface area (Å²) in [5, 5.41) is 3.01. The van der Waals surface area contributed by atoms with Gasteiger partial charge in [-0.1, -0.05) is 0 Å². The van der Waals surface area contributed by atoms with Gasteiger partial charge in [0.2, 0.25) is 0 Å². The predicted molar refractivity (Wildman–Crippen MR) is 80.9 cm³/mol. The van der Waals surface area contributed by atoms with Gasteiger partial charge in [-0.2, -0.15) is 0 Å². The van der Waals surface area contributed by atoms with Gasteiger partial charge in [0.25, 0.3) is 0 Å². The van der Waals surface area contributed by atoms with Gasteiger partial charge in [0.05, 0.1) is 14.2 Å². The molecule has 108 valence electrons. The molecule has 1 N–H and O–H groups in total. The van der Waals surface area contributed by atoms with E-state index < -0.39 is 0 Å². The van der Waals surface area contributed by atoms with Crippen LogP contribution in [0.15, 0.2) is 55.0 Å². The average molecular weight is 284 g/mol. The number of allylic oxidation sites excluding steroid dienone is 1. The number of carbonyl (C=O) groups is 1. The topological polar surface area (TPSA) is 60.5 Å². The molecule has 0 amide bonds. The van der Waals surface area contributed by atoms with Gasteiger partial charge in [-0.15, -0.1) is 0 Å². The highest BCUT2D eigenvalue weighted by Gasteiger charge is 2.04. The van der Waals surface area contributed by atoms with Crippen LogP contribution in [-0.2, 0) is 0 Å². The fourth-order valence-electron chi connectivity index (χ4n) is 1.74. The van der Waals surface area contributed by atoms with Crippen LogP contribution < -0.4 is 14.8 Å². The first-order valence-corrected chi connectivity index (χ1v) is 6.34. The Morgan fingerprint density at radius 3 is 2.67 bits per heavy atom. The molecule has 0 saturated carbocycles. The molecule has 1 heterocycles. The van der Waals surface area contributed by atoms with Gasteiger partial charge < -0.3 is 14.8 Å². The molecule has 0 unspecified atom stereocenters. The molecule has 0 aliphatic rings. The molecule has 5 nitrogen and oxygen atoms in total. The Hall–Kier alpha value is -2.82. The molecule has 1 aromatic carbocycles. The zero-order chi connectivity index (χ0) is 15.1. The van der Waals surface area contributed by atoms with Gasteiger partial charge in [-0.05, 0) is 24.3 Å². The Morgan fingerprint density at radius 1 is 1.19 bits per heavy atom. The molecule has 0 atom stereocenters. The monoisotopic (exact) mass is 284 g/mol. The van der Waals surface area contributed by atoms with E-state index in [2.05, 4.69) is 10.3 Å². The Labute approximate surface area is 123 Å². The minimum atomic E-state index is -0.115. The van der Waals surface area contributed by atoms with Crippen LogP contribution in [0.25, 0.3) is 0 Å². The molecule has 5 heteroatoms. The van der Waals surface area contributed by atoms with Crippen molar-refractivity contribution in [1.29, 1.82) is 0 Å². The molecule has 0 bridgehead atoms. The Kier molecular flexibility index (Phi) is 4.93. The van der Waals surface area contributed by atoms with E-state index in [1.807, 2.05) is 6.07 Å². The number of hydrogen-bond acceptors (Lipinski definition) is 5. The van der Waals surface area contributed by atoms with Gasteiger partial charge in [0, 0.05) is 42.0 Å². The van der Waals surface area contributed by atoms with Crippen molar-refractivity contribution in [2.24, 2.45) is 0 Å². The molecule has 1 aromatic heterocycles. The van der Waals surface area contributed by atoms with Gasteiger partial charge in [0.1, 0.15) is 0 Å². The zero-order valence-electron chi connectivity index (χ0n) is 11.9. The number of nitrogens with zero attached hydrogens (tertiary/aromatic N) is 1. The largest absolute Gasteiger partial charge is 0.493 e.